The number of halogens is 1. The van der Waals surface area contributed by atoms with Crippen LogP contribution in [0, 0.1) is 11.7 Å². The minimum atomic E-state index is -1.45. The van der Waals surface area contributed by atoms with E-state index in [2.05, 4.69) is 19.6 Å². The molecular weight excluding hydrogens is 407 g/mol. The summed E-state index contributed by atoms with van der Waals surface area (Å²) < 4.78 is 35.4. The predicted molar refractivity (Wildman–Crippen MR) is 119 cm³/mol. The molecule has 1 aliphatic heterocycles. The van der Waals surface area contributed by atoms with Crippen molar-refractivity contribution in [3.05, 3.63) is 23.6 Å². The van der Waals surface area contributed by atoms with Gasteiger partial charge >= 0.3 is 6.09 Å². The molecule has 0 bridgehead atoms. The Balaban J connectivity index is 2.11. The number of hydrogen-bond donors (Lipinski definition) is 1. The number of pyridine rings is 1. The number of ether oxygens (including phenoxy) is 1. The molecule has 0 aliphatic carbocycles. The minimum Gasteiger partial charge on any atom is -0.444 e. The third-order valence-corrected chi connectivity index (χ3v) is 5.97. The van der Waals surface area contributed by atoms with Crippen molar-refractivity contribution < 1.29 is 18.1 Å². The molecule has 1 saturated heterocycles. The largest absolute Gasteiger partial charge is 0.444 e. The van der Waals surface area contributed by atoms with Gasteiger partial charge in [-0.25, -0.2) is 18.4 Å². The van der Waals surface area contributed by atoms with Gasteiger partial charge in [0, 0.05) is 25.2 Å². The minimum absolute atomic E-state index is 0.221. The fourth-order valence-corrected chi connectivity index (χ4v) is 3.62. The van der Waals surface area contributed by atoms with Crippen molar-refractivity contribution in [1.82, 2.24) is 10.3 Å². The lowest BCUT2D eigenvalue weighted by Crippen LogP contribution is -2.36. The van der Waals surface area contributed by atoms with Crippen LogP contribution in [0.3, 0.4) is 0 Å². The van der Waals surface area contributed by atoms with Crippen LogP contribution in [0.2, 0.25) is 0 Å². The number of nitrogens with one attached hydrogen (secondary N) is 1. The van der Waals surface area contributed by atoms with Gasteiger partial charge in [-0.15, -0.1) is 0 Å². The number of anilines is 1. The molecule has 30 heavy (non-hydrogen) atoms. The summed E-state index contributed by atoms with van der Waals surface area (Å²) in [6.07, 6.45) is 1.60. The molecule has 0 aromatic carbocycles. The van der Waals surface area contributed by atoms with Gasteiger partial charge in [-0.1, -0.05) is 0 Å². The molecule has 7 nitrogen and oxygen atoms in total. The summed E-state index contributed by atoms with van der Waals surface area (Å²) in [6, 6.07) is 1.38. The SMILES string of the molecule is C/C(=N/[S@](=O)C(C)(C)C)c1cc(F)cnc1N1CCC(CNC(=O)OC(C)(C)C)C1. The van der Waals surface area contributed by atoms with Gasteiger partial charge in [-0.2, -0.15) is 4.40 Å². The van der Waals surface area contributed by atoms with E-state index in [1.54, 1.807) is 6.92 Å². The van der Waals surface area contributed by atoms with Crippen LogP contribution >= 0.6 is 0 Å². The molecule has 0 radical (unpaired) electrons. The first-order chi connectivity index (χ1) is 13.8. The predicted octanol–water partition coefficient (Wildman–Crippen LogP) is 3.84. The van der Waals surface area contributed by atoms with Crippen LogP contribution in [-0.2, 0) is 15.7 Å². The van der Waals surface area contributed by atoms with Gasteiger partial charge in [0.05, 0.1) is 16.7 Å². The zero-order valence-corrected chi connectivity index (χ0v) is 19.7. The summed E-state index contributed by atoms with van der Waals surface area (Å²) >= 11 is 0. The highest BCUT2D eigenvalue weighted by Gasteiger charge is 2.28. The van der Waals surface area contributed by atoms with Gasteiger partial charge in [0.2, 0.25) is 0 Å². The molecule has 1 aromatic rings. The highest BCUT2D eigenvalue weighted by atomic mass is 32.2. The second-order valence-corrected chi connectivity index (χ2v) is 11.5. The number of carbonyl (C=O) groups excluding carboxylic acids is 1. The molecule has 1 unspecified atom stereocenters. The maximum absolute atomic E-state index is 13.9. The van der Waals surface area contributed by atoms with Crippen LogP contribution in [0.15, 0.2) is 16.7 Å². The lowest BCUT2D eigenvalue weighted by molar-refractivity contribution is 0.0520. The number of alkyl carbamates (subject to hydrolysis) is 1. The Labute approximate surface area is 181 Å². The Bertz CT molecular complexity index is 831. The van der Waals surface area contributed by atoms with Crippen LogP contribution < -0.4 is 10.2 Å². The Morgan fingerprint density at radius 1 is 1.37 bits per heavy atom. The first kappa shape index (κ1) is 24.2. The van der Waals surface area contributed by atoms with Gasteiger partial charge in [0.25, 0.3) is 0 Å². The first-order valence-electron chi connectivity index (χ1n) is 10.1. The normalized spacial score (nSPS) is 19.0. The Kier molecular flexibility index (Phi) is 7.60. The molecule has 1 amide bonds. The molecule has 1 fully saturated rings. The zero-order chi connectivity index (χ0) is 22.7. The Hall–Kier alpha value is -2.03. The van der Waals surface area contributed by atoms with E-state index < -0.39 is 33.2 Å². The molecule has 0 spiro atoms. The number of hydrogen-bond acceptors (Lipinski definition) is 5. The summed E-state index contributed by atoms with van der Waals surface area (Å²) in [5.74, 6) is 0.369. The third-order valence-electron chi connectivity index (χ3n) is 4.49. The van der Waals surface area contributed by atoms with Crippen LogP contribution in [0.25, 0.3) is 0 Å². The summed E-state index contributed by atoms with van der Waals surface area (Å²) in [4.78, 5) is 18.2. The molecule has 168 valence electrons. The topological polar surface area (TPSA) is 83.9 Å². The van der Waals surface area contributed by atoms with Crippen LogP contribution in [0.1, 0.15) is 60.5 Å². The summed E-state index contributed by atoms with van der Waals surface area (Å²) in [5.41, 5.74) is 0.483. The average Bonchev–Trinajstić information content (AvgIpc) is 3.06. The second-order valence-electron chi connectivity index (χ2n) is 9.55. The first-order valence-corrected chi connectivity index (χ1v) is 11.2. The Morgan fingerprint density at radius 2 is 2.03 bits per heavy atom. The van der Waals surface area contributed by atoms with Crippen LogP contribution in [-0.4, -0.2) is 51.0 Å². The smallest absolute Gasteiger partial charge is 0.407 e. The number of rotatable bonds is 5. The van der Waals surface area contributed by atoms with E-state index in [1.807, 2.05) is 41.5 Å². The highest BCUT2D eigenvalue weighted by molar-refractivity contribution is 7.85. The fraction of sp³-hybridized carbons (Fsp3) is 0.667. The highest BCUT2D eigenvalue weighted by Crippen LogP contribution is 2.27. The van der Waals surface area contributed by atoms with E-state index in [4.69, 9.17) is 4.74 Å². The van der Waals surface area contributed by atoms with Gasteiger partial charge in [0.1, 0.15) is 28.2 Å². The Morgan fingerprint density at radius 3 is 2.63 bits per heavy atom. The van der Waals surface area contributed by atoms with Crippen molar-refractivity contribution in [3.8, 4) is 0 Å². The maximum atomic E-state index is 13.9. The van der Waals surface area contributed by atoms with E-state index in [0.717, 1.165) is 13.0 Å². The molecule has 2 rings (SSSR count). The van der Waals surface area contributed by atoms with Crippen molar-refractivity contribution >= 4 is 28.6 Å². The van der Waals surface area contributed by atoms with Gasteiger partial charge in [-0.3, -0.25) is 0 Å². The summed E-state index contributed by atoms with van der Waals surface area (Å²) in [7, 11) is -1.45. The quantitative estimate of drug-likeness (QED) is 0.703. The molecule has 9 heteroatoms. The number of nitrogens with zero attached hydrogens (tertiary/aromatic N) is 3. The third kappa shape index (κ3) is 7.04. The summed E-state index contributed by atoms with van der Waals surface area (Å²) in [6.45, 7) is 14.6. The van der Waals surface area contributed by atoms with Crippen molar-refractivity contribution in [1.29, 1.82) is 0 Å². The van der Waals surface area contributed by atoms with Crippen molar-refractivity contribution in [2.75, 3.05) is 24.5 Å². The van der Waals surface area contributed by atoms with Gasteiger partial charge in [-0.05, 0) is 66.9 Å². The number of amides is 1. The summed E-state index contributed by atoms with van der Waals surface area (Å²) in [5, 5.41) is 2.81. The molecule has 0 saturated carbocycles. The second kappa shape index (κ2) is 9.41. The lowest BCUT2D eigenvalue weighted by Gasteiger charge is -2.22. The molecule has 1 aromatic heterocycles. The molecule has 1 aliphatic rings. The average molecular weight is 441 g/mol. The molecule has 1 N–H and O–H groups in total. The van der Waals surface area contributed by atoms with Gasteiger partial charge in [0.15, 0.2) is 0 Å². The molecular formula is C21H33FN4O3S. The number of aromatic nitrogens is 1. The monoisotopic (exact) mass is 440 g/mol. The van der Waals surface area contributed by atoms with Crippen LogP contribution in [0.4, 0.5) is 15.0 Å². The van der Waals surface area contributed by atoms with E-state index in [0.29, 0.717) is 30.2 Å². The maximum Gasteiger partial charge on any atom is 0.407 e. The van der Waals surface area contributed by atoms with E-state index in [9.17, 15) is 13.4 Å². The van der Waals surface area contributed by atoms with Crippen molar-refractivity contribution in [3.63, 3.8) is 0 Å². The van der Waals surface area contributed by atoms with E-state index in [1.165, 1.54) is 12.3 Å². The van der Waals surface area contributed by atoms with Gasteiger partial charge < -0.3 is 15.0 Å². The zero-order valence-electron chi connectivity index (χ0n) is 18.9. The van der Waals surface area contributed by atoms with E-state index >= 15 is 0 Å². The molecule has 2 atom stereocenters. The van der Waals surface area contributed by atoms with Crippen molar-refractivity contribution in [2.24, 2.45) is 10.3 Å². The standard InChI is InChI=1S/C21H33FN4O3S/c1-14(25-30(28)21(5,6)7)17-10-16(22)12-23-18(17)26-9-8-15(13-26)11-24-19(27)29-20(2,3)4/h10,12,15H,8-9,11,13H2,1-7H3,(H,24,27)/b25-14-/t15?,30-/m1/s1. The van der Waals surface area contributed by atoms with Crippen LogP contribution in [0.5, 0.6) is 0 Å². The lowest BCUT2D eigenvalue weighted by atomic mass is 10.1. The molecule has 2 heterocycles. The fourth-order valence-electron chi connectivity index (χ4n) is 2.99. The number of carbonyl (C=O) groups is 1. The van der Waals surface area contributed by atoms with E-state index in [-0.39, 0.29) is 5.92 Å². The van der Waals surface area contributed by atoms with Crippen molar-refractivity contribution in [2.45, 2.75) is 65.2 Å².